The lowest BCUT2D eigenvalue weighted by Gasteiger charge is -2.20. The number of anilines is 1. The molecule has 0 aliphatic rings. The van der Waals surface area contributed by atoms with Crippen LogP contribution < -0.4 is 4.90 Å². The number of amides is 1. The SMILES string of the molecule is CCN(C(=O)c1ccoc1Br)c1cccc(F)c1. The van der Waals surface area contributed by atoms with Gasteiger partial charge in [-0.25, -0.2) is 4.39 Å². The molecule has 0 N–H and O–H groups in total. The van der Waals surface area contributed by atoms with Crippen molar-refractivity contribution >= 4 is 27.5 Å². The first kappa shape index (κ1) is 12.8. The lowest BCUT2D eigenvalue weighted by molar-refractivity contribution is 0.0986. The Morgan fingerprint density at radius 1 is 1.44 bits per heavy atom. The van der Waals surface area contributed by atoms with Crippen LogP contribution in [0.15, 0.2) is 45.7 Å². The van der Waals surface area contributed by atoms with Crippen molar-refractivity contribution in [3.8, 4) is 0 Å². The Labute approximate surface area is 112 Å². The molecule has 1 aromatic heterocycles. The minimum absolute atomic E-state index is 0.233. The fraction of sp³-hybridized carbons (Fsp3) is 0.154. The summed E-state index contributed by atoms with van der Waals surface area (Å²) in [6.45, 7) is 2.27. The first-order chi connectivity index (χ1) is 8.63. The van der Waals surface area contributed by atoms with Crippen LogP contribution in [0.25, 0.3) is 0 Å². The zero-order chi connectivity index (χ0) is 13.1. The van der Waals surface area contributed by atoms with E-state index >= 15 is 0 Å². The summed E-state index contributed by atoms with van der Waals surface area (Å²) in [4.78, 5) is 13.8. The van der Waals surface area contributed by atoms with Gasteiger partial charge in [0.15, 0.2) is 4.67 Å². The molecule has 0 unspecified atom stereocenters. The van der Waals surface area contributed by atoms with Gasteiger partial charge in [-0.3, -0.25) is 4.79 Å². The second-order valence-corrected chi connectivity index (χ2v) is 4.36. The van der Waals surface area contributed by atoms with Crippen molar-refractivity contribution in [2.24, 2.45) is 0 Å². The molecule has 0 spiro atoms. The number of rotatable bonds is 3. The molecular weight excluding hydrogens is 301 g/mol. The van der Waals surface area contributed by atoms with E-state index in [1.165, 1.54) is 23.3 Å². The highest BCUT2D eigenvalue weighted by Crippen LogP contribution is 2.23. The Morgan fingerprint density at radius 3 is 2.78 bits per heavy atom. The molecule has 0 aliphatic heterocycles. The number of carbonyl (C=O) groups is 1. The molecule has 2 rings (SSSR count). The fourth-order valence-corrected chi connectivity index (χ4v) is 2.09. The van der Waals surface area contributed by atoms with Gasteiger partial charge in [0.25, 0.3) is 5.91 Å². The largest absolute Gasteiger partial charge is 0.457 e. The summed E-state index contributed by atoms with van der Waals surface area (Å²) in [5.41, 5.74) is 0.941. The molecule has 0 radical (unpaired) electrons. The molecule has 0 bridgehead atoms. The lowest BCUT2D eigenvalue weighted by Crippen LogP contribution is -2.30. The normalized spacial score (nSPS) is 10.4. The topological polar surface area (TPSA) is 33.5 Å². The van der Waals surface area contributed by atoms with E-state index in [2.05, 4.69) is 15.9 Å². The van der Waals surface area contributed by atoms with Gasteiger partial charge in [0.05, 0.1) is 11.8 Å². The third-order valence-electron chi connectivity index (χ3n) is 2.53. The predicted molar refractivity (Wildman–Crippen MR) is 70.2 cm³/mol. The van der Waals surface area contributed by atoms with Crippen LogP contribution in [0.4, 0.5) is 10.1 Å². The van der Waals surface area contributed by atoms with Crippen LogP contribution in [0, 0.1) is 5.82 Å². The van der Waals surface area contributed by atoms with E-state index in [-0.39, 0.29) is 11.7 Å². The molecule has 1 heterocycles. The zero-order valence-corrected chi connectivity index (χ0v) is 11.3. The first-order valence-electron chi connectivity index (χ1n) is 5.44. The highest BCUT2D eigenvalue weighted by Gasteiger charge is 2.20. The van der Waals surface area contributed by atoms with Gasteiger partial charge in [-0.05, 0) is 47.1 Å². The van der Waals surface area contributed by atoms with Crippen molar-refractivity contribution in [3.05, 3.63) is 52.6 Å². The van der Waals surface area contributed by atoms with E-state index < -0.39 is 0 Å². The molecule has 1 amide bonds. The van der Waals surface area contributed by atoms with Crippen LogP contribution in [0.5, 0.6) is 0 Å². The van der Waals surface area contributed by atoms with Gasteiger partial charge < -0.3 is 9.32 Å². The molecular formula is C13H11BrFNO2. The minimum atomic E-state index is -0.370. The molecule has 0 fully saturated rings. The molecule has 2 aromatic rings. The number of furan rings is 1. The van der Waals surface area contributed by atoms with Crippen LogP contribution in [-0.2, 0) is 0 Å². The summed E-state index contributed by atoms with van der Waals surface area (Å²) in [7, 11) is 0. The highest BCUT2D eigenvalue weighted by atomic mass is 79.9. The smallest absolute Gasteiger partial charge is 0.262 e. The van der Waals surface area contributed by atoms with Gasteiger partial charge in [0, 0.05) is 12.2 Å². The van der Waals surface area contributed by atoms with Gasteiger partial charge in [-0.1, -0.05) is 6.07 Å². The standard InChI is InChI=1S/C13H11BrFNO2/c1-2-16(10-5-3-4-9(15)8-10)13(17)11-6-7-18-12(11)14/h3-8H,2H2,1H3. The fourth-order valence-electron chi connectivity index (χ4n) is 1.68. The molecule has 94 valence electrons. The summed E-state index contributed by atoms with van der Waals surface area (Å²) in [6.07, 6.45) is 1.43. The minimum Gasteiger partial charge on any atom is -0.457 e. The molecule has 0 atom stereocenters. The Balaban J connectivity index is 2.35. The van der Waals surface area contributed by atoms with E-state index in [0.29, 0.717) is 22.5 Å². The third-order valence-corrected chi connectivity index (χ3v) is 3.14. The van der Waals surface area contributed by atoms with E-state index in [4.69, 9.17) is 4.42 Å². The van der Waals surface area contributed by atoms with Gasteiger partial charge in [-0.2, -0.15) is 0 Å². The average Bonchev–Trinajstić information content (AvgIpc) is 2.76. The second kappa shape index (κ2) is 5.35. The van der Waals surface area contributed by atoms with Crippen molar-refractivity contribution in [2.45, 2.75) is 6.92 Å². The van der Waals surface area contributed by atoms with E-state index in [9.17, 15) is 9.18 Å². The van der Waals surface area contributed by atoms with Gasteiger partial charge in [-0.15, -0.1) is 0 Å². The molecule has 1 aromatic carbocycles. The molecule has 0 saturated heterocycles. The quantitative estimate of drug-likeness (QED) is 0.862. The number of halogens is 2. The van der Waals surface area contributed by atoms with Crippen molar-refractivity contribution in [3.63, 3.8) is 0 Å². The van der Waals surface area contributed by atoms with Crippen molar-refractivity contribution in [2.75, 3.05) is 11.4 Å². The predicted octanol–water partition coefficient (Wildman–Crippen LogP) is 3.85. The molecule has 0 aliphatic carbocycles. The maximum Gasteiger partial charge on any atom is 0.262 e. The Kier molecular flexibility index (Phi) is 3.81. The lowest BCUT2D eigenvalue weighted by atomic mass is 10.2. The van der Waals surface area contributed by atoms with Crippen LogP contribution >= 0.6 is 15.9 Å². The van der Waals surface area contributed by atoms with Crippen LogP contribution in [0.3, 0.4) is 0 Å². The van der Waals surface area contributed by atoms with E-state index in [1.54, 1.807) is 18.2 Å². The van der Waals surface area contributed by atoms with Crippen molar-refractivity contribution in [1.82, 2.24) is 0 Å². The molecule has 18 heavy (non-hydrogen) atoms. The average molecular weight is 312 g/mol. The molecule has 5 heteroatoms. The summed E-state index contributed by atoms with van der Waals surface area (Å²) in [5, 5.41) is 0. The number of benzene rings is 1. The van der Waals surface area contributed by atoms with Crippen LogP contribution in [0.2, 0.25) is 0 Å². The number of carbonyl (C=O) groups excluding carboxylic acids is 1. The van der Waals surface area contributed by atoms with Gasteiger partial charge in [0.2, 0.25) is 0 Å². The monoisotopic (exact) mass is 311 g/mol. The summed E-state index contributed by atoms with van der Waals surface area (Å²) in [6, 6.07) is 7.52. The maximum atomic E-state index is 13.2. The van der Waals surface area contributed by atoms with Crippen molar-refractivity contribution in [1.29, 1.82) is 0 Å². The van der Waals surface area contributed by atoms with Gasteiger partial charge in [0.1, 0.15) is 5.82 Å². The van der Waals surface area contributed by atoms with E-state index in [1.807, 2.05) is 6.92 Å². The van der Waals surface area contributed by atoms with Crippen molar-refractivity contribution < 1.29 is 13.6 Å². The zero-order valence-electron chi connectivity index (χ0n) is 9.69. The maximum absolute atomic E-state index is 13.2. The Hall–Kier alpha value is -1.62. The second-order valence-electron chi connectivity index (χ2n) is 3.64. The summed E-state index contributed by atoms with van der Waals surface area (Å²) >= 11 is 3.16. The Bertz CT molecular complexity index is 568. The number of hydrogen-bond acceptors (Lipinski definition) is 2. The van der Waals surface area contributed by atoms with Gasteiger partial charge >= 0.3 is 0 Å². The number of hydrogen-bond donors (Lipinski definition) is 0. The van der Waals surface area contributed by atoms with E-state index in [0.717, 1.165) is 0 Å². The summed E-state index contributed by atoms with van der Waals surface area (Å²) in [5.74, 6) is -0.603. The molecule has 3 nitrogen and oxygen atoms in total. The molecule has 0 saturated carbocycles. The summed E-state index contributed by atoms with van der Waals surface area (Å²) < 4.78 is 18.6. The first-order valence-corrected chi connectivity index (χ1v) is 6.23. The third kappa shape index (κ3) is 2.46. The van der Waals surface area contributed by atoms with Crippen LogP contribution in [-0.4, -0.2) is 12.5 Å². The number of nitrogens with zero attached hydrogens (tertiary/aromatic N) is 1. The van der Waals surface area contributed by atoms with Crippen LogP contribution in [0.1, 0.15) is 17.3 Å². The highest BCUT2D eigenvalue weighted by molar-refractivity contribution is 9.10. The Morgan fingerprint density at radius 2 is 2.22 bits per heavy atom.